The van der Waals surface area contributed by atoms with E-state index in [1.807, 2.05) is 0 Å². The summed E-state index contributed by atoms with van der Waals surface area (Å²) in [4.78, 5) is 31.1. The third-order valence-corrected chi connectivity index (χ3v) is 2.33. The standard InChI is InChI=1S/C6H6ClO3P.Mg/c7-5-1-3-6(4-2-5)11(8,9)10;/h1-4H,(H2,8,9,10);/q;+2/p-2. The van der Waals surface area contributed by atoms with Crippen molar-refractivity contribution in [2.45, 2.75) is 0 Å². The Hall–Kier alpha value is 0.586. The van der Waals surface area contributed by atoms with Crippen molar-refractivity contribution in [2.75, 3.05) is 0 Å². The van der Waals surface area contributed by atoms with Crippen LogP contribution < -0.4 is 20.0 Å². The minimum atomic E-state index is -4.60. The first kappa shape index (κ1) is 12.6. The summed E-state index contributed by atoms with van der Waals surface area (Å²) in [5.41, 5.74) is 0. The summed E-state index contributed by atoms with van der Waals surface area (Å²) in [6, 6.07) is 5.09. The van der Waals surface area contributed by atoms with E-state index < -0.39 is 7.94 Å². The molecule has 0 spiro atoms. The van der Waals surface area contributed by atoms with Crippen LogP contribution in [0.3, 0.4) is 0 Å². The minimum absolute atomic E-state index is 0. The molecule has 0 saturated carbocycles. The monoisotopic (exact) mass is 214 g/mol. The summed E-state index contributed by atoms with van der Waals surface area (Å²) in [6.07, 6.45) is 0. The van der Waals surface area contributed by atoms with E-state index >= 15 is 0 Å². The van der Waals surface area contributed by atoms with E-state index in [9.17, 15) is 14.7 Å². The predicted molar refractivity (Wildman–Crippen MR) is 43.8 cm³/mol. The molecule has 1 rings (SSSR count). The van der Waals surface area contributed by atoms with Crippen LogP contribution in [0.5, 0.6) is 0 Å². The molecule has 0 amide bonds. The van der Waals surface area contributed by atoms with Crippen LogP contribution in [0.4, 0.5) is 0 Å². The van der Waals surface area contributed by atoms with Crippen molar-refractivity contribution in [1.82, 2.24) is 0 Å². The van der Waals surface area contributed by atoms with E-state index in [1.54, 1.807) is 0 Å². The normalized spacial score (nSPS) is 10.7. The first-order valence-corrected chi connectivity index (χ1v) is 4.70. The number of benzene rings is 1. The maximum absolute atomic E-state index is 10.4. The second kappa shape index (κ2) is 4.72. The van der Waals surface area contributed by atoms with E-state index in [-0.39, 0.29) is 28.4 Å². The van der Waals surface area contributed by atoms with Crippen LogP contribution in [-0.4, -0.2) is 23.1 Å². The molecule has 0 saturated heterocycles. The summed E-state index contributed by atoms with van der Waals surface area (Å²) in [6.45, 7) is 0. The number of hydrogen-bond donors (Lipinski definition) is 0. The van der Waals surface area contributed by atoms with E-state index in [0.717, 1.165) is 0 Å². The minimum Gasteiger partial charge on any atom is -0.684 e. The Morgan fingerprint density at radius 1 is 1.00 bits per heavy atom. The first-order valence-electron chi connectivity index (χ1n) is 2.78. The number of rotatable bonds is 1. The van der Waals surface area contributed by atoms with Gasteiger partial charge < -0.3 is 14.7 Å². The molecule has 0 unspecified atom stereocenters. The van der Waals surface area contributed by atoms with Gasteiger partial charge in [0, 0.05) is 5.02 Å². The Kier molecular flexibility index (Phi) is 4.95. The molecule has 3 nitrogen and oxygen atoms in total. The zero-order valence-corrected chi connectivity index (χ0v) is 9.13. The zero-order chi connectivity index (χ0) is 8.48. The second-order valence-electron chi connectivity index (χ2n) is 1.97. The summed E-state index contributed by atoms with van der Waals surface area (Å²) >= 11 is 5.47. The van der Waals surface area contributed by atoms with Crippen molar-refractivity contribution in [3.63, 3.8) is 0 Å². The summed E-state index contributed by atoms with van der Waals surface area (Å²) in [5.74, 6) is 0. The molecule has 0 bridgehead atoms. The molecule has 0 aromatic heterocycles. The van der Waals surface area contributed by atoms with Crippen molar-refractivity contribution in [2.24, 2.45) is 0 Å². The van der Waals surface area contributed by atoms with Crippen molar-refractivity contribution < 1.29 is 14.7 Å². The van der Waals surface area contributed by atoms with Gasteiger partial charge in [-0.15, -0.1) is 7.94 Å². The first-order chi connectivity index (χ1) is 5.00. The van der Waals surface area contributed by atoms with Crippen LogP contribution in [0.1, 0.15) is 0 Å². The van der Waals surface area contributed by atoms with E-state index in [0.29, 0.717) is 5.02 Å². The molecule has 0 aliphatic carbocycles. The molecule has 0 heterocycles. The molecule has 0 aliphatic heterocycles. The van der Waals surface area contributed by atoms with Gasteiger partial charge in [0.2, 0.25) is 0 Å². The smallest absolute Gasteiger partial charge is 0.684 e. The third-order valence-electron chi connectivity index (χ3n) is 1.14. The van der Waals surface area contributed by atoms with Gasteiger partial charge in [-0.25, -0.2) is 0 Å². The molecule has 0 atom stereocenters. The van der Waals surface area contributed by atoms with Crippen molar-refractivity contribution in [1.29, 1.82) is 0 Å². The van der Waals surface area contributed by atoms with Crippen LogP contribution in [0.25, 0.3) is 0 Å². The second-order valence-corrected chi connectivity index (χ2v) is 3.92. The maximum Gasteiger partial charge on any atom is 2.00 e. The summed E-state index contributed by atoms with van der Waals surface area (Å²) < 4.78 is 0. The largest absolute Gasteiger partial charge is 2.00 e. The fraction of sp³-hybridized carbons (Fsp3) is 0. The van der Waals surface area contributed by atoms with Gasteiger partial charge in [0.1, 0.15) is 0 Å². The van der Waals surface area contributed by atoms with E-state index in [1.165, 1.54) is 24.3 Å². The van der Waals surface area contributed by atoms with Gasteiger partial charge in [0.05, 0.1) is 5.30 Å². The molecular weight excluding hydrogens is 211 g/mol. The Labute approximate surface area is 91.7 Å². The van der Waals surface area contributed by atoms with Crippen molar-refractivity contribution >= 4 is 47.9 Å². The Morgan fingerprint density at radius 2 is 1.42 bits per heavy atom. The van der Waals surface area contributed by atoms with Crippen molar-refractivity contribution in [3.05, 3.63) is 29.3 Å². The average Bonchev–Trinajstić information content (AvgIpc) is 1.86. The molecule has 1 aromatic rings. The number of halogens is 1. The molecule has 60 valence electrons. The fourth-order valence-corrected chi connectivity index (χ4v) is 1.26. The SMILES string of the molecule is [Mg+2].[O-][P+]([O-])([O-])c1ccc(Cl)cc1. The van der Waals surface area contributed by atoms with Crippen LogP contribution in [-0.2, 0) is 0 Å². The maximum atomic E-state index is 10.4. The quantitative estimate of drug-likeness (QED) is 0.419. The van der Waals surface area contributed by atoms with Crippen LogP contribution >= 0.6 is 19.5 Å². The average molecular weight is 215 g/mol. The molecule has 0 radical (unpaired) electrons. The molecule has 12 heavy (non-hydrogen) atoms. The Morgan fingerprint density at radius 3 is 1.75 bits per heavy atom. The molecule has 1 aromatic carbocycles. The molecular formula is C6H4ClMgO3P. The number of hydrogen-bond acceptors (Lipinski definition) is 3. The Balaban J connectivity index is 0.00000121. The van der Waals surface area contributed by atoms with Gasteiger partial charge in [0.25, 0.3) is 0 Å². The zero-order valence-electron chi connectivity index (χ0n) is 6.07. The van der Waals surface area contributed by atoms with Gasteiger partial charge in [-0.1, -0.05) is 11.6 Å². The van der Waals surface area contributed by atoms with Crippen LogP contribution in [0.2, 0.25) is 5.02 Å². The molecule has 0 aliphatic rings. The van der Waals surface area contributed by atoms with Gasteiger partial charge in [-0.3, -0.25) is 0 Å². The van der Waals surface area contributed by atoms with Gasteiger partial charge in [-0.2, -0.15) is 0 Å². The predicted octanol–water partition coefficient (Wildman–Crippen LogP) is -1.57. The molecule has 6 heteroatoms. The van der Waals surface area contributed by atoms with Gasteiger partial charge in [0.15, 0.2) is 0 Å². The summed E-state index contributed by atoms with van der Waals surface area (Å²) in [7, 11) is -4.60. The molecule has 0 fully saturated rings. The molecule has 0 N–H and O–H groups in total. The topological polar surface area (TPSA) is 69.2 Å². The van der Waals surface area contributed by atoms with E-state index in [4.69, 9.17) is 11.6 Å². The van der Waals surface area contributed by atoms with Gasteiger partial charge >= 0.3 is 23.1 Å². The van der Waals surface area contributed by atoms with Crippen LogP contribution in [0.15, 0.2) is 24.3 Å². The van der Waals surface area contributed by atoms with Gasteiger partial charge in [-0.05, 0) is 24.3 Å². The fourth-order valence-electron chi connectivity index (χ4n) is 0.624. The summed E-state index contributed by atoms with van der Waals surface area (Å²) in [5, 5.41) is 0.170. The Bertz CT molecular complexity index is 246. The van der Waals surface area contributed by atoms with E-state index in [2.05, 4.69) is 0 Å². The van der Waals surface area contributed by atoms with Crippen LogP contribution in [0, 0.1) is 0 Å². The van der Waals surface area contributed by atoms with Crippen molar-refractivity contribution in [3.8, 4) is 0 Å². The third kappa shape index (κ3) is 3.54.